The summed E-state index contributed by atoms with van der Waals surface area (Å²) in [6.07, 6.45) is -1.32. The maximum atomic E-state index is 11.0. The summed E-state index contributed by atoms with van der Waals surface area (Å²) in [5.41, 5.74) is 4.53. The first-order chi connectivity index (χ1) is 10.7. The van der Waals surface area contributed by atoms with Crippen molar-refractivity contribution in [3.63, 3.8) is 0 Å². The Morgan fingerprint density at radius 1 is 1.39 bits per heavy atom. The lowest BCUT2D eigenvalue weighted by molar-refractivity contribution is -0.384. The van der Waals surface area contributed by atoms with Crippen LogP contribution in [0.25, 0.3) is 0 Å². The van der Waals surface area contributed by atoms with Gasteiger partial charge in [-0.15, -0.1) is 0 Å². The van der Waals surface area contributed by atoms with Gasteiger partial charge < -0.3 is 20.7 Å². The molecule has 0 saturated carbocycles. The van der Waals surface area contributed by atoms with E-state index in [1.165, 1.54) is 24.3 Å². The maximum absolute atomic E-state index is 11.0. The number of benzene rings is 1. The number of aliphatic hydroxyl groups excluding tert-OH is 2. The monoisotopic (exact) mass is 326 g/mol. The molecule has 0 saturated heterocycles. The Morgan fingerprint density at radius 2 is 1.96 bits per heavy atom. The fourth-order valence-corrected chi connectivity index (χ4v) is 2.47. The fourth-order valence-electron chi connectivity index (χ4n) is 2.47. The molecule has 1 aromatic carbocycles. The van der Waals surface area contributed by atoms with Crippen molar-refractivity contribution < 1.29 is 24.7 Å². The SMILES string of the molecule is CC(C)(OC(N)=O)C(CCO)CC(O)c1ccc([N+](=O)[O-])cc1. The minimum absolute atomic E-state index is 0.0646. The van der Waals surface area contributed by atoms with Crippen LogP contribution < -0.4 is 5.73 Å². The van der Waals surface area contributed by atoms with Crippen molar-refractivity contribution >= 4 is 11.8 Å². The number of carbonyl (C=O) groups is 1. The van der Waals surface area contributed by atoms with Crippen molar-refractivity contribution in [1.29, 1.82) is 0 Å². The van der Waals surface area contributed by atoms with E-state index in [1.54, 1.807) is 13.8 Å². The number of amides is 1. The summed E-state index contributed by atoms with van der Waals surface area (Å²) in [5, 5.41) is 30.1. The molecule has 1 aromatic rings. The Labute approximate surface area is 134 Å². The van der Waals surface area contributed by atoms with Gasteiger partial charge in [-0.2, -0.15) is 0 Å². The number of hydrogen-bond donors (Lipinski definition) is 3. The average molecular weight is 326 g/mol. The number of nitrogens with two attached hydrogens (primary N) is 1. The van der Waals surface area contributed by atoms with Crippen molar-refractivity contribution in [2.75, 3.05) is 6.61 Å². The molecule has 0 aliphatic carbocycles. The van der Waals surface area contributed by atoms with E-state index >= 15 is 0 Å². The van der Waals surface area contributed by atoms with Gasteiger partial charge in [-0.1, -0.05) is 0 Å². The van der Waals surface area contributed by atoms with Gasteiger partial charge in [-0.3, -0.25) is 10.1 Å². The summed E-state index contributed by atoms with van der Waals surface area (Å²) in [6.45, 7) is 3.17. The summed E-state index contributed by atoms with van der Waals surface area (Å²) >= 11 is 0. The number of nitro groups is 1. The number of non-ortho nitro benzene ring substituents is 1. The highest BCUT2D eigenvalue weighted by atomic mass is 16.6. The molecule has 0 radical (unpaired) electrons. The van der Waals surface area contributed by atoms with Crippen molar-refractivity contribution in [1.82, 2.24) is 0 Å². The molecule has 0 aromatic heterocycles. The molecule has 4 N–H and O–H groups in total. The number of nitrogens with zero attached hydrogens (tertiary/aromatic N) is 1. The van der Waals surface area contributed by atoms with Crippen LogP contribution in [0, 0.1) is 16.0 Å². The first-order valence-electron chi connectivity index (χ1n) is 7.19. The van der Waals surface area contributed by atoms with Crippen LogP contribution in [0.5, 0.6) is 0 Å². The number of carbonyl (C=O) groups excluding carboxylic acids is 1. The van der Waals surface area contributed by atoms with Crippen molar-refractivity contribution in [2.45, 2.75) is 38.4 Å². The molecule has 0 aliphatic rings. The second-order valence-corrected chi connectivity index (χ2v) is 5.83. The standard InChI is InChI=1S/C15H22N2O6/c1-15(2,23-14(16)20)11(7-8-18)9-13(19)10-3-5-12(6-4-10)17(21)22/h3-6,11,13,18-19H,7-9H2,1-2H3,(H2,16,20). The van der Waals surface area contributed by atoms with Gasteiger partial charge in [-0.05, 0) is 44.4 Å². The molecule has 2 atom stereocenters. The number of aliphatic hydroxyl groups is 2. The molecule has 8 heteroatoms. The predicted molar refractivity (Wildman–Crippen MR) is 82.6 cm³/mol. The van der Waals surface area contributed by atoms with E-state index in [4.69, 9.17) is 10.5 Å². The van der Waals surface area contributed by atoms with Crippen molar-refractivity contribution in [3.8, 4) is 0 Å². The van der Waals surface area contributed by atoms with Crippen molar-refractivity contribution in [2.24, 2.45) is 11.7 Å². The summed E-state index contributed by atoms with van der Waals surface area (Å²) in [7, 11) is 0. The number of primary amides is 1. The van der Waals surface area contributed by atoms with Gasteiger partial charge in [0.25, 0.3) is 5.69 Å². The fraction of sp³-hybridized carbons (Fsp3) is 0.533. The summed E-state index contributed by atoms with van der Waals surface area (Å²) in [5.74, 6) is -0.342. The molecule has 2 unspecified atom stereocenters. The zero-order chi connectivity index (χ0) is 17.6. The minimum Gasteiger partial charge on any atom is -0.443 e. The van der Waals surface area contributed by atoms with Crippen molar-refractivity contribution in [3.05, 3.63) is 39.9 Å². The number of rotatable bonds is 8. The summed E-state index contributed by atoms with van der Waals surface area (Å²) in [4.78, 5) is 21.1. The highest BCUT2D eigenvalue weighted by Gasteiger charge is 2.34. The zero-order valence-electron chi connectivity index (χ0n) is 13.1. The van der Waals surface area contributed by atoms with Gasteiger partial charge in [0, 0.05) is 24.7 Å². The molecule has 8 nitrogen and oxygen atoms in total. The highest BCUT2D eigenvalue weighted by Crippen LogP contribution is 2.33. The molecule has 128 valence electrons. The van der Waals surface area contributed by atoms with Gasteiger partial charge in [0.2, 0.25) is 0 Å². The highest BCUT2D eigenvalue weighted by molar-refractivity contribution is 5.65. The molecule has 0 bridgehead atoms. The second kappa shape index (κ2) is 7.89. The van der Waals surface area contributed by atoms with E-state index in [-0.39, 0.29) is 24.6 Å². The molecule has 0 fully saturated rings. The van der Waals surface area contributed by atoms with Gasteiger partial charge in [0.05, 0.1) is 11.0 Å². The second-order valence-electron chi connectivity index (χ2n) is 5.83. The number of hydrogen-bond acceptors (Lipinski definition) is 6. The minimum atomic E-state index is -0.962. The first-order valence-corrected chi connectivity index (χ1v) is 7.19. The van der Waals surface area contributed by atoms with Gasteiger partial charge in [0.15, 0.2) is 0 Å². The molecule has 23 heavy (non-hydrogen) atoms. The number of ether oxygens (including phenoxy) is 1. The molecule has 0 aliphatic heterocycles. The first kappa shape index (κ1) is 18.9. The van der Waals surface area contributed by atoms with Gasteiger partial charge >= 0.3 is 6.09 Å². The Bertz CT molecular complexity index is 543. The number of nitro benzene ring substituents is 1. The molecule has 1 rings (SSSR count). The van der Waals surface area contributed by atoms with Crippen LogP contribution in [0.15, 0.2) is 24.3 Å². The van der Waals surface area contributed by atoms with Crippen LogP contribution in [-0.2, 0) is 4.74 Å². The van der Waals surface area contributed by atoms with E-state index in [1.807, 2.05) is 0 Å². The van der Waals surface area contributed by atoms with Crippen LogP contribution >= 0.6 is 0 Å². The third-order valence-corrected chi connectivity index (χ3v) is 3.82. The smallest absolute Gasteiger partial charge is 0.405 e. The largest absolute Gasteiger partial charge is 0.443 e. The van der Waals surface area contributed by atoms with Gasteiger partial charge in [0.1, 0.15) is 5.60 Å². The molecular weight excluding hydrogens is 304 g/mol. The third kappa shape index (κ3) is 5.50. The van der Waals surface area contributed by atoms with Crippen LogP contribution in [-0.4, -0.2) is 33.4 Å². The molecule has 1 amide bonds. The lowest BCUT2D eigenvalue weighted by atomic mass is 9.82. The van der Waals surface area contributed by atoms with E-state index < -0.39 is 22.7 Å². The maximum Gasteiger partial charge on any atom is 0.405 e. The average Bonchev–Trinajstić information content (AvgIpc) is 2.45. The quantitative estimate of drug-likeness (QED) is 0.493. The Hall–Kier alpha value is -2.19. The summed E-state index contributed by atoms with van der Waals surface area (Å²) in [6, 6.07) is 5.57. The normalized spacial score (nSPS) is 14.1. The van der Waals surface area contributed by atoms with E-state index in [0.717, 1.165) is 0 Å². The van der Waals surface area contributed by atoms with Crippen LogP contribution in [0.3, 0.4) is 0 Å². The zero-order valence-corrected chi connectivity index (χ0v) is 13.1. The molecule has 0 heterocycles. The van der Waals surface area contributed by atoms with Crippen LogP contribution in [0.1, 0.15) is 38.4 Å². The van der Waals surface area contributed by atoms with Crippen LogP contribution in [0.2, 0.25) is 0 Å². The van der Waals surface area contributed by atoms with E-state index in [2.05, 4.69) is 0 Å². The van der Waals surface area contributed by atoms with Crippen LogP contribution in [0.4, 0.5) is 10.5 Å². The Balaban J connectivity index is 2.86. The Kier molecular flexibility index (Phi) is 6.47. The Morgan fingerprint density at radius 3 is 2.39 bits per heavy atom. The lowest BCUT2D eigenvalue weighted by Crippen LogP contribution is -2.39. The van der Waals surface area contributed by atoms with E-state index in [9.17, 15) is 25.1 Å². The third-order valence-electron chi connectivity index (χ3n) is 3.82. The lowest BCUT2D eigenvalue weighted by Gasteiger charge is -2.34. The van der Waals surface area contributed by atoms with E-state index in [0.29, 0.717) is 12.0 Å². The molecule has 0 spiro atoms. The molecular formula is C15H22N2O6. The predicted octanol–water partition coefficient (Wildman–Crippen LogP) is 1.89. The van der Waals surface area contributed by atoms with Gasteiger partial charge in [-0.25, -0.2) is 4.79 Å². The topological polar surface area (TPSA) is 136 Å². The summed E-state index contributed by atoms with van der Waals surface area (Å²) < 4.78 is 5.07.